The van der Waals surface area contributed by atoms with Crippen LogP contribution in [0.25, 0.3) is 0 Å². The molecule has 0 spiro atoms. The fraction of sp³-hybridized carbons (Fsp3) is 0.576. The average molecular weight is 580 g/mol. The predicted molar refractivity (Wildman–Crippen MR) is 170 cm³/mol. The summed E-state index contributed by atoms with van der Waals surface area (Å²) in [6, 6.07) is 13.8. The van der Waals surface area contributed by atoms with Gasteiger partial charge in [0.05, 0.1) is 31.6 Å². The number of hydrogen-bond donors (Lipinski definition) is 2. The quantitative estimate of drug-likeness (QED) is 0.294. The lowest BCUT2D eigenvalue weighted by atomic mass is 10.1. The summed E-state index contributed by atoms with van der Waals surface area (Å²) in [7, 11) is 1.70. The molecule has 0 aromatic heterocycles. The number of nitrogens with one attached hydrogen (secondary N) is 2. The summed E-state index contributed by atoms with van der Waals surface area (Å²) in [6.07, 6.45) is 7.34. The molecule has 2 heterocycles. The van der Waals surface area contributed by atoms with Gasteiger partial charge >= 0.3 is 0 Å². The Hall–Kier alpha value is -3.30. The number of hydrogen-bond acceptors (Lipinski definition) is 7. The summed E-state index contributed by atoms with van der Waals surface area (Å²) in [5, 5.41) is 6.16. The van der Waals surface area contributed by atoms with Crippen molar-refractivity contribution in [2.24, 2.45) is 0 Å². The molecule has 9 nitrogen and oxygen atoms in total. The van der Waals surface area contributed by atoms with Gasteiger partial charge < -0.3 is 29.9 Å². The number of unbranched alkanes of at least 4 members (excludes halogenated alkanes) is 5. The normalized spacial score (nSPS) is 15.9. The van der Waals surface area contributed by atoms with E-state index in [1.165, 1.54) is 25.7 Å². The van der Waals surface area contributed by atoms with Gasteiger partial charge in [0.2, 0.25) is 5.91 Å². The van der Waals surface area contributed by atoms with Crippen LogP contribution >= 0.6 is 0 Å². The Balaban J connectivity index is 1.40. The first kappa shape index (κ1) is 31.6. The fourth-order valence-electron chi connectivity index (χ4n) is 5.69. The molecule has 0 unspecified atom stereocenters. The predicted octanol–water partition coefficient (Wildman–Crippen LogP) is 4.77. The molecule has 2 aromatic carbocycles. The first-order chi connectivity index (χ1) is 20.6. The summed E-state index contributed by atoms with van der Waals surface area (Å²) in [5.41, 5.74) is 3.25. The van der Waals surface area contributed by atoms with Crippen molar-refractivity contribution >= 4 is 28.9 Å². The first-order valence-electron chi connectivity index (χ1n) is 15.7. The highest BCUT2D eigenvalue weighted by Crippen LogP contribution is 2.31. The van der Waals surface area contributed by atoms with Gasteiger partial charge in [-0.15, -0.1) is 0 Å². The Kier molecular flexibility index (Phi) is 12.8. The second-order valence-electron chi connectivity index (χ2n) is 11.2. The molecule has 2 fully saturated rings. The van der Waals surface area contributed by atoms with Crippen LogP contribution in [0.1, 0.15) is 62.2 Å². The van der Waals surface area contributed by atoms with E-state index < -0.39 is 0 Å². The Morgan fingerprint density at radius 1 is 0.857 bits per heavy atom. The average Bonchev–Trinajstić information content (AvgIpc) is 3.03. The molecule has 0 atom stereocenters. The van der Waals surface area contributed by atoms with Gasteiger partial charge in [0.25, 0.3) is 5.91 Å². The third-order valence-electron chi connectivity index (χ3n) is 8.15. The van der Waals surface area contributed by atoms with Crippen molar-refractivity contribution in [1.29, 1.82) is 0 Å². The van der Waals surface area contributed by atoms with Crippen LogP contribution in [0.2, 0.25) is 0 Å². The third kappa shape index (κ3) is 9.36. The number of carbonyl (C=O) groups excluding carboxylic acids is 2. The summed E-state index contributed by atoms with van der Waals surface area (Å²) in [4.78, 5) is 33.1. The Morgan fingerprint density at radius 2 is 1.55 bits per heavy atom. The summed E-state index contributed by atoms with van der Waals surface area (Å²) in [5.74, 6) is 0.757. The van der Waals surface area contributed by atoms with Gasteiger partial charge in [-0.1, -0.05) is 51.2 Å². The van der Waals surface area contributed by atoms with Crippen LogP contribution in [0.3, 0.4) is 0 Å². The van der Waals surface area contributed by atoms with E-state index in [-0.39, 0.29) is 11.8 Å². The maximum atomic E-state index is 13.5. The molecule has 2 aliphatic rings. The molecule has 2 aliphatic heterocycles. The molecule has 2 aromatic rings. The van der Waals surface area contributed by atoms with Gasteiger partial charge in [0.15, 0.2) is 0 Å². The van der Waals surface area contributed by atoms with Gasteiger partial charge in [-0.2, -0.15) is 0 Å². The van der Waals surface area contributed by atoms with Crippen LogP contribution in [0.5, 0.6) is 5.75 Å². The van der Waals surface area contributed by atoms with Gasteiger partial charge in [0, 0.05) is 70.2 Å². The number of piperazine rings is 1. The minimum atomic E-state index is -0.113. The molecular formula is C33H49N5O4. The van der Waals surface area contributed by atoms with Crippen LogP contribution < -0.4 is 25.2 Å². The molecule has 0 saturated carbocycles. The Labute approximate surface area is 251 Å². The molecular weight excluding hydrogens is 530 g/mol. The van der Waals surface area contributed by atoms with Crippen molar-refractivity contribution < 1.29 is 19.1 Å². The maximum Gasteiger partial charge on any atom is 0.253 e. The molecule has 0 bridgehead atoms. The fourth-order valence-corrected chi connectivity index (χ4v) is 5.69. The standard InChI is InChI=1S/C33H49N5O4/c1-3-4-5-6-7-8-13-32(39)35-27-14-15-29(28(26-27)33(40)34-16-17-36-22-24-42-25-23-36)37-18-20-38(21-19-37)30-11-9-10-12-31(30)41-2/h9-12,14-15,26H,3-8,13,16-25H2,1-2H3,(H,34,40)(H,35,39). The number of carbonyl (C=O) groups is 2. The Morgan fingerprint density at radius 3 is 2.29 bits per heavy atom. The van der Waals surface area contributed by atoms with Crippen LogP contribution in [0, 0.1) is 0 Å². The first-order valence-corrected chi connectivity index (χ1v) is 15.7. The van der Waals surface area contributed by atoms with E-state index in [4.69, 9.17) is 9.47 Å². The lowest BCUT2D eigenvalue weighted by Crippen LogP contribution is -2.47. The summed E-state index contributed by atoms with van der Waals surface area (Å²) >= 11 is 0. The lowest BCUT2D eigenvalue weighted by Gasteiger charge is -2.38. The molecule has 4 rings (SSSR count). The SMILES string of the molecule is CCCCCCCCC(=O)Nc1ccc(N2CCN(c3ccccc3OC)CC2)c(C(=O)NCCN2CCOCC2)c1. The minimum Gasteiger partial charge on any atom is -0.495 e. The van der Waals surface area contributed by atoms with Crippen molar-refractivity contribution in [3.05, 3.63) is 48.0 Å². The second-order valence-corrected chi connectivity index (χ2v) is 11.2. The largest absolute Gasteiger partial charge is 0.495 e. The van der Waals surface area contributed by atoms with Gasteiger partial charge in [-0.3, -0.25) is 14.5 Å². The molecule has 2 saturated heterocycles. The monoisotopic (exact) mass is 579 g/mol. The molecule has 2 N–H and O–H groups in total. The van der Waals surface area contributed by atoms with E-state index in [2.05, 4.69) is 38.3 Å². The molecule has 0 aliphatic carbocycles. The van der Waals surface area contributed by atoms with E-state index in [1.807, 2.05) is 36.4 Å². The number of benzene rings is 2. The van der Waals surface area contributed by atoms with Crippen molar-refractivity contribution in [3.63, 3.8) is 0 Å². The molecule has 230 valence electrons. The third-order valence-corrected chi connectivity index (χ3v) is 8.15. The van der Waals surface area contributed by atoms with Crippen molar-refractivity contribution in [1.82, 2.24) is 10.2 Å². The van der Waals surface area contributed by atoms with E-state index in [0.717, 1.165) is 89.0 Å². The number of methoxy groups -OCH3 is 1. The number of ether oxygens (including phenoxy) is 2. The molecule has 9 heteroatoms. The van der Waals surface area contributed by atoms with Crippen molar-refractivity contribution in [2.45, 2.75) is 51.9 Å². The summed E-state index contributed by atoms with van der Waals surface area (Å²) in [6.45, 7) is 9.98. The summed E-state index contributed by atoms with van der Waals surface area (Å²) < 4.78 is 11.0. The van der Waals surface area contributed by atoms with E-state index in [1.54, 1.807) is 7.11 Å². The second kappa shape index (κ2) is 17.0. The van der Waals surface area contributed by atoms with Crippen LogP contribution in [-0.2, 0) is 9.53 Å². The van der Waals surface area contributed by atoms with E-state index >= 15 is 0 Å². The molecule has 2 amide bonds. The van der Waals surface area contributed by atoms with Crippen LogP contribution in [-0.4, -0.2) is 89.4 Å². The highest BCUT2D eigenvalue weighted by Gasteiger charge is 2.24. The minimum absolute atomic E-state index is 0.00217. The Bertz CT molecular complexity index is 1130. The zero-order chi connectivity index (χ0) is 29.6. The van der Waals surface area contributed by atoms with Crippen LogP contribution in [0.4, 0.5) is 17.1 Å². The zero-order valence-corrected chi connectivity index (χ0v) is 25.5. The van der Waals surface area contributed by atoms with Crippen LogP contribution in [0.15, 0.2) is 42.5 Å². The molecule has 42 heavy (non-hydrogen) atoms. The van der Waals surface area contributed by atoms with E-state index in [9.17, 15) is 9.59 Å². The number of anilines is 3. The van der Waals surface area contributed by atoms with Crippen molar-refractivity contribution in [2.75, 3.05) is 87.8 Å². The van der Waals surface area contributed by atoms with Gasteiger partial charge in [-0.25, -0.2) is 0 Å². The maximum absolute atomic E-state index is 13.5. The van der Waals surface area contributed by atoms with Gasteiger partial charge in [-0.05, 0) is 36.8 Å². The van der Waals surface area contributed by atoms with E-state index in [0.29, 0.717) is 24.2 Å². The topological polar surface area (TPSA) is 86.4 Å². The number of rotatable bonds is 15. The highest BCUT2D eigenvalue weighted by molar-refractivity contribution is 6.02. The smallest absolute Gasteiger partial charge is 0.253 e. The number of morpholine rings is 1. The highest BCUT2D eigenvalue weighted by atomic mass is 16.5. The number of nitrogens with zero attached hydrogens (tertiary/aromatic N) is 3. The lowest BCUT2D eigenvalue weighted by molar-refractivity contribution is -0.116. The van der Waals surface area contributed by atoms with Crippen molar-refractivity contribution in [3.8, 4) is 5.75 Å². The zero-order valence-electron chi connectivity index (χ0n) is 25.5. The number of para-hydroxylation sites is 2. The molecule has 0 radical (unpaired) electrons. The van der Waals surface area contributed by atoms with Gasteiger partial charge in [0.1, 0.15) is 5.75 Å². The number of amides is 2.